The second kappa shape index (κ2) is 4.85. The number of carbonyl (C=O) groups excluding carboxylic acids is 1. The van der Waals surface area contributed by atoms with Gasteiger partial charge in [0.15, 0.2) is 0 Å². The number of ketones is 1. The first-order valence-corrected chi connectivity index (χ1v) is 7.14. The van der Waals surface area contributed by atoms with E-state index in [2.05, 4.69) is 35.2 Å². The third-order valence-corrected chi connectivity index (χ3v) is 4.66. The van der Waals surface area contributed by atoms with E-state index >= 15 is 0 Å². The Morgan fingerprint density at radius 2 is 1.56 bits per heavy atom. The molecular formula is C16H21NO. The molecule has 1 aliphatic carbocycles. The molecule has 1 aromatic carbocycles. The van der Waals surface area contributed by atoms with Crippen LogP contribution in [-0.2, 0) is 10.3 Å². The summed E-state index contributed by atoms with van der Waals surface area (Å²) in [7, 11) is 0. The Morgan fingerprint density at radius 3 is 2.17 bits per heavy atom. The van der Waals surface area contributed by atoms with E-state index in [4.69, 9.17) is 0 Å². The number of Topliss-reactive ketones (excluding diaryl/α,β-unsaturated/α-hetero) is 1. The van der Waals surface area contributed by atoms with E-state index in [0.717, 1.165) is 25.7 Å². The molecule has 0 aromatic heterocycles. The third kappa shape index (κ3) is 1.99. The monoisotopic (exact) mass is 243 g/mol. The van der Waals surface area contributed by atoms with Crippen LogP contribution >= 0.6 is 0 Å². The Balaban J connectivity index is 1.95. The first-order chi connectivity index (χ1) is 8.81. The largest absolute Gasteiger partial charge is 0.300 e. The van der Waals surface area contributed by atoms with Crippen molar-refractivity contribution in [3.63, 3.8) is 0 Å². The van der Waals surface area contributed by atoms with Crippen LogP contribution in [0, 0.1) is 0 Å². The molecular weight excluding hydrogens is 222 g/mol. The summed E-state index contributed by atoms with van der Waals surface area (Å²) < 4.78 is 0. The fourth-order valence-corrected chi connectivity index (χ4v) is 3.62. The molecule has 0 atom stereocenters. The maximum Gasteiger partial charge on any atom is 0.133 e. The summed E-state index contributed by atoms with van der Waals surface area (Å²) in [6, 6.07) is 10.8. The minimum absolute atomic E-state index is 0.145. The fraction of sp³-hybridized carbons (Fsp3) is 0.562. The van der Waals surface area contributed by atoms with Crippen molar-refractivity contribution in [1.29, 1.82) is 0 Å². The molecule has 0 spiro atoms. The summed E-state index contributed by atoms with van der Waals surface area (Å²) in [5.74, 6) is 0.445. The minimum atomic E-state index is 0.145. The van der Waals surface area contributed by atoms with Gasteiger partial charge in [0.05, 0.1) is 0 Å². The van der Waals surface area contributed by atoms with Gasteiger partial charge in [-0.2, -0.15) is 0 Å². The molecule has 1 saturated carbocycles. The lowest BCUT2D eigenvalue weighted by molar-refractivity contribution is -0.123. The molecule has 0 radical (unpaired) electrons. The molecule has 0 N–H and O–H groups in total. The van der Waals surface area contributed by atoms with Crippen molar-refractivity contribution in [2.45, 2.75) is 44.1 Å². The number of carbonyl (C=O) groups is 1. The Labute approximate surface area is 109 Å². The van der Waals surface area contributed by atoms with E-state index in [-0.39, 0.29) is 5.54 Å². The van der Waals surface area contributed by atoms with Crippen LogP contribution in [0.5, 0.6) is 0 Å². The van der Waals surface area contributed by atoms with E-state index in [1.807, 2.05) is 0 Å². The van der Waals surface area contributed by atoms with Gasteiger partial charge in [0.25, 0.3) is 0 Å². The summed E-state index contributed by atoms with van der Waals surface area (Å²) in [5, 5.41) is 0. The van der Waals surface area contributed by atoms with Crippen molar-refractivity contribution >= 4 is 5.78 Å². The molecule has 0 unspecified atom stereocenters. The highest BCUT2D eigenvalue weighted by Crippen LogP contribution is 2.42. The maximum absolute atomic E-state index is 11.6. The van der Waals surface area contributed by atoms with Gasteiger partial charge >= 0.3 is 0 Å². The van der Waals surface area contributed by atoms with Crippen LogP contribution in [0.2, 0.25) is 0 Å². The van der Waals surface area contributed by atoms with Gasteiger partial charge in [-0.25, -0.2) is 0 Å². The quantitative estimate of drug-likeness (QED) is 0.795. The van der Waals surface area contributed by atoms with Gasteiger partial charge in [0, 0.05) is 18.4 Å². The average molecular weight is 243 g/mol. The van der Waals surface area contributed by atoms with Gasteiger partial charge in [-0.3, -0.25) is 9.69 Å². The SMILES string of the molecule is O=C1CCC(c2ccccc2)(N2CCCC2)CC1. The molecule has 1 saturated heterocycles. The van der Waals surface area contributed by atoms with Crippen molar-refractivity contribution in [3.05, 3.63) is 35.9 Å². The zero-order valence-corrected chi connectivity index (χ0v) is 10.9. The summed E-state index contributed by atoms with van der Waals surface area (Å²) >= 11 is 0. The second-order valence-corrected chi connectivity index (χ2v) is 5.63. The molecule has 2 nitrogen and oxygen atoms in total. The first kappa shape index (κ1) is 11.9. The predicted octanol–water partition coefficient (Wildman–Crippen LogP) is 3.12. The number of rotatable bonds is 2. The number of benzene rings is 1. The van der Waals surface area contributed by atoms with Crippen LogP contribution in [-0.4, -0.2) is 23.8 Å². The van der Waals surface area contributed by atoms with E-state index in [9.17, 15) is 4.79 Å². The van der Waals surface area contributed by atoms with Crippen LogP contribution in [0.4, 0.5) is 0 Å². The van der Waals surface area contributed by atoms with Gasteiger partial charge in [0.1, 0.15) is 5.78 Å². The standard InChI is InChI=1S/C16H21NO/c18-15-8-10-16(11-9-15,17-12-4-5-13-17)14-6-2-1-3-7-14/h1-3,6-7H,4-5,8-13H2. The van der Waals surface area contributed by atoms with E-state index < -0.39 is 0 Å². The van der Waals surface area contributed by atoms with Crippen LogP contribution < -0.4 is 0 Å². The van der Waals surface area contributed by atoms with Crippen molar-refractivity contribution in [3.8, 4) is 0 Å². The first-order valence-electron chi connectivity index (χ1n) is 7.14. The molecule has 2 aliphatic rings. The highest BCUT2D eigenvalue weighted by atomic mass is 16.1. The zero-order valence-electron chi connectivity index (χ0n) is 10.9. The van der Waals surface area contributed by atoms with Crippen molar-refractivity contribution in [2.24, 2.45) is 0 Å². The Hall–Kier alpha value is -1.15. The number of nitrogens with zero attached hydrogens (tertiary/aromatic N) is 1. The Morgan fingerprint density at radius 1 is 0.944 bits per heavy atom. The normalized spacial score (nSPS) is 24.3. The lowest BCUT2D eigenvalue weighted by Gasteiger charge is -2.45. The molecule has 96 valence electrons. The van der Waals surface area contributed by atoms with Crippen LogP contribution in [0.1, 0.15) is 44.1 Å². The van der Waals surface area contributed by atoms with Crippen LogP contribution in [0.15, 0.2) is 30.3 Å². The lowest BCUT2D eigenvalue weighted by Crippen LogP contribution is -2.47. The van der Waals surface area contributed by atoms with Crippen LogP contribution in [0.25, 0.3) is 0 Å². The Kier molecular flexibility index (Phi) is 3.21. The molecule has 1 heterocycles. The second-order valence-electron chi connectivity index (χ2n) is 5.63. The number of hydrogen-bond donors (Lipinski definition) is 0. The molecule has 1 aromatic rings. The summed E-state index contributed by atoms with van der Waals surface area (Å²) in [4.78, 5) is 14.2. The van der Waals surface area contributed by atoms with Crippen molar-refractivity contribution < 1.29 is 4.79 Å². The topological polar surface area (TPSA) is 20.3 Å². The van der Waals surface area contributed by atoms with Gasteiger partial charge in [0.2, 0.25) is 0 Å². The average Bonchev–Trinajstić information content (AvgIpc) is 2.95. The summed E-state index contributed by atoms with van der Waals surface area (Å²) in [6.45, 7) is 2.40. The van der Waals surface area contributed by atoms with Crippen molar-refractivity contribution in [1.82, 2.24) is 4.90 Å². The highest BCUT2D eigenvalue weighted by molar-refractivity contribution is 5.79. The van der Waals surface area contributed by atoms with Gasteiger partial charge in [-0.1, -0.05) is 30.3 Å². The number of hydrogen-bond acceptors (Lipinski definition) is 2. The predicted molar refractivity (Wildman–Crippen MR) is 72.4 cm³/mol. The summed E-state index contributed by atoms with van der Waals surface area (Å²) in [6.07, 6.45) is 6.15. The molecule has 2 heteroatoms. The third-order valence-electron chi connectivity index (χ3n) is 4.66. The van der Waals surface area contributed by atoms with Gasteiger partial charge in [-0.05, 0) is 44.3 Å². The highest BCUT2D eigenvalue weighted by Gasteiger charge is 2.42. The van der Waals surface area contributed by atoms with E-state index in [1.165, 1.54) is 31.5 Å². The molecule has 2 fully saturated rings. The van der Waals surface area contributed by atoms with Crippen LogP contribution in [0.3, 0.4) is 0 Å². The van der Waals surface area contributed by atoms with Crippen molar-refractivity contribution in [2.75, 3.05) is 13.1 Å². The Bertz CT molecular complexity index is 410. The van der Waals surface area contributed by atoms with E-state index in [0.29, 0.717) is 5.78 Å². The van der Waals surface area contributed by atoms with Gasteiger partial charge < -0.3 is 0 Å². The molecule has 0 bridgehead atoms. The lowest BCUT2D eigenvalue weighted by atomic mass is 9.75. The number of likely N-dealkylation sites (tertiary alicyclic amines) is 1. The van der Waals surface area contributed by atoms with Gasteiger partial charge in [-0.15, -0.1) is 0 Å². The zero-order chi connectivity index (χ0) is 12.4. The molecule has 3 rings (SSSR count). The summed E-state index contributed by atoms with van der Waals surface area (Å²) in [5.41, 5.74) is 1.56. The fourth-order valence-electron chi connectivity index (χ4n) is 3.62. The smallest absolute Gasteiger partial charge is 0.133 e. The molecule has 1 aliphatic heterocycles. The molecule has 18 heavy (non-hydrogen) atoms. The minimum Gasteiger partial charge on any atom is -0.300 e. The molecule has 0 amide bonds. The maximum atomic E-state index is 11.6. The van der Waals surface area contributed by atoms with E-state index in [1.54, 1.807) is 0 Å².